The second-order valence-corrected chi connectivity index (χ2v) is 5.02. The third kappa shape index (κ3) is 2.17. The number of nitrogens with zero attached hydrogens (tertiary/aromatic N) is 2. The number of hydrogen-bond donors (Lipinski definition) is 1. The molecule has 0 aliphatic carbocycles. The number of aromatic amines is 1. The van der Waals surface area contributed by atoms with Crippen LogP contribution < -0.4 is 0 Å². The first-order chi connectivity index (χ1) is 9.04. The van der Waals surface area contributed by atoms with Gasteiger partial charge in [-0.25, -0.2) is 4.39 Å². The molecular weight excluding hydrogens is 289 g/mol. The third-order valence-electron chi connectivity index (χ3n) is 2.81. The Labute approximate surface area is 117 Å². The molecule has 7 heteroatoms. The van der Waals surface area contributed by atoms with E-state index in [-0.39, 0.29) is 5.02 Å². The van der Waals surface area contributed by atoms with Gasteiger partial charge in [0.05, 0.1) is 22.6 Å². The van der Waals surface area contributed by atoms with Crippen molar-refractivity contribution in [1.29, 1.82) is 0 Å². The molecule has 98 valence electrons. The highest BCUT2D eigenvalue weighted by Crippen LogP contribution is 2.23. The van der Waals surface area contributed by atoms with E-state index >= 15 is 0 Å². The van der Waals surface area contributed by atoms with Crippen molar-refractivity contribution < 1.29 is 8.91 Å². The number of nitrogens with one attached hydrogen (secondary N) is 1. The van der Waals surface area contributed by atoms with E-state index < -0.39 is 5.82 Å². The zero-order valence-electron chi connectivity index (χ0n) is 9.91. The van der Waals surface area contributed by atoms with Gasteiger partial charge in [0, 0.05) is 12.1 Å². The Morgan fingerprint density at radius 2 is 2.26 bits per heavy atom. The first kappa shape index (κ1) is 12.4. The second-order valence-electron chi connectivity index (χ2n) is 4.23. The van der Waals surface area contributed by atoms with Gasteiger partial charge in [0.1, 0.15) is 17.3 Å². The smallest absolute Gasteiger partial charge is 0.178 e. The van der Waals surface area contributed by atoms with E-state index in [2.05, 4.69) is 10.1 Å². The Morgan fingerprint density at radius 3 is 2.95 bits per heavy atom. The highest BCUT2D eigenvalue weighted by molar-refractivity contribution is 7.71. The van der Waals surface area contributed by atoms with E-state index in [1.807, 2.05) is 13.0 Å². The first-order valence-corrected chi connectivity index (χ1v) is 6.33. The molecular formula is C12H9ClFN3OS. The summed E-state index contributed by atoms with van der Waals surface area (Å²) < 4.78 is 20.8. The van der Waals surface area contributed by atoms with Crippen LogP contribution in [0.3, 0.4) is 0 Å². The zero-order chi connectivity index (χ0) is 13.6. The summed E-state index contributed by atoms with van der Waals surface area (Å²) in [6.07, 6.45) is 0. The van der Waals surface area contributed by atoms with Crippen LogP contribution in [0.15, 0.2) is 22.7 Å². The summed E-state index contributed by atoms with van der Waals surface area (Å²) in [7, 11) is 0. The van der Waals surface area contributed by atoms with Crippen molar-refractivity contribution in [1.82, 2.24) is 14.7 Å². The van der Waals surface area contributed by atoms with Crippen molar-refractivity contribution in [3.63, 3.8) is 0 Å². The molecule has 0 fully saturated rings. The van der Waals surface area contributed by atoms with Gasteiger partial charge in [-0.3, -0.25) is 0 Å². The van der Waals surface area contributed by atoms with Gasteiger partial charge >= 0.3 is 0 Å². The maximum Gasteiger partial charge on any atom is 0.178 e. The fourth-order valence-corrected chi connectivity index (χ4v) is 2.40. The van der Waals surface area contributed by atoms with Gasteiger partial charge in [0.2, 0.25) is 0 Å². The highest BCUT2D eigenvalue weighted by atomic mass is 35.5. The van der Waals surface area contributed by atoms with Gasteiger partial charge in [0.25, 0.3) is 0 Å². The molecule has 2 heterocycles. The van der Waals surface area contributed by atoms with Crippen molar-refractivity contribution in [2.75, 3.05) is 0 Å². The average molecular weight is 298 g/mol. The van der Waals surface area contributed by atoms with Gasteiger partial charge in [-0.15, -0.1) is 0 Å². The van der Waals surface area contributed by atoms with Crippen LogP contribution in [0, 0.1) is 17.5 Å². The number of rotatable bonds is 2. The van der Waals surface area contributed by atoms with Crippen molar-refractivity contribution >= 4 is 34.9 Å². The molecule has 0 saturated carbocycles. The van der Waals surface area contributed by atoms with E-state index in [4.69, 9.17) is 28.3 Å². The molecule has 0 atom stereocenters. The predicted octanol–water partition coefficient (Wildman–Crippen LogP) is 3.84. The predicted molar refractivity (Wildman–Crippen MR) is 72.4 cm³/mol. The lowest BCUT2D eigenvalue weighted by molar-refractivity contribution is 0.389. The summed E-state index contributed by atoms with van der Waals surface area (Å²) in [5.74, 6) is 0.240. The molecule has 19 heavy (non-hydrogen) atoms. The largest absolute Gasteiger partial charge is 0.361 e. The normalized spacial score (nSPS) is 11.3. The topological polar surface area (TPSA) is 46.8 Å². The van der Waals surface area contributed by atoms with Crippen LogP contribution in [0.5, 0.6) is 0 Å². The number of aryl methyl sites for hydroxylation is 1. The van der Waals surface area contributed by atoms with E-state index in [1.54, 1.807) is 4.57 Å². The van der Waals surface area contributed by atoms with Crippen LogP contribution >= 0.6 is 23.8 Å². The first-order valence-electron chi connectivity index (χ1n) is 5.54. The Kier molecular flexibility index (Phi) is 2.91. The summed E-state index contributed by atoms with van der Waals surface area (Å²) in [5.41, 5.74) is 2.06. The SMILES string of the molecule is Cc1cc(Cn2c(=S)[nH]c3cc(Cl)c(F)cc32)no1. The van der Waals surface area contributed by atoms with Crippen LogP contribution in [0.25, 0.3) is 11.0 Å². The lowest BCUT2D eigenvalue weighted by Gasteiger charge is -2.01. The number of fused-ring (bicyclic) bond motifs is 1. The molecule has 0 amide bonds. The summed E-state index contributed by atoms with van der Waals surface area (Å²) in [5, 5.41) is 3.97. The molecule has 0 bridgehead atoms. The standard InChI is InChI=1S/C12H9ClFN3OS/c1-6-2-7(16-18-6)5-17-11-4-9(14)8(13)3-10(11)15-12(17)19/h2-4H,5H2,1H3,(H,15,19). The Morgan fingerprint density at radius 1 is 1.47 bits per heavy atom. The van der Waals surface area contributed by atoms with Crippen molar-refractivity contribution in [3.8, 4) is 0 Å². The summed E-state index contributed by atoms with van der Waals surface area (Å²) in [6.45, 7) is 2.22. The molecule has 1 N–H and O–H groups in total. The number of aromatic nitrogens is 3. The van der Waals surface area contributed by atoms with Gasteiger partial charge in [-0.2, -0.15) is 0 Å². The number of benzene rings is 1. The van der Waals surface area contributed by atoms with E-state index in [0.29, 0.717) is 22.3 Å². The minimum absolute atomic E-state index is 0.0631. The van der Waals surface area contributed by atoms with Gasteiger partial charge in [0.15, 0.2) is 4.77 Å². The minimum atomic E-state index is -0.478. The Bertz CT molecular complexity index is 820. The molecule has 3 rings (SSSR count). The van der Waals surface area contributed by atoms with Crippen LogP contribution in [0.1, 0.15) is 11.5 Å². The average Bonchev–Trinajstić information content (AvgIpc) is 2.87. The maximum atomic E-state index is 13.6. The molecule has 0 radical (unpaired) electrons. The van der Waals surface area contributed by atoms with E-state index in [9.17, 15) is 4.39 Å². The molecule has 0 spiro atoms. The Hall–Kier alpha value is -1.66. The molecule has 0 saturated heterocycles. The number of H-pyrrole nitrogens is 1. The van der Waals surface area contributed by atoms with Gasteiger partial charge < -0.3 is 14.1 Å². The molecule has 4 nitrogen and oxygen atoms in total. The highest BCUT2D eigenvalue weighted by Gasteiger charge is 2.11. The molecule has 0 aliphatic rings. The molecule has 2 aromatic heterocycles. The van der Waals surface area contributed by atoms with E-state index in [1.165, 1.54) is 12.1 Å². The maximum absolute atomic E-state index is 13.6. The van der Waals surface area contributed by atoms with E-state index in [0.717, 1.165) is 11.5 Å². The minimum Gasteiger partial charge on any atom is -0.361 e. The zero-order valence-corrected chi connectivity index (χ0v) is 11.5. The van der Waals surface area contributed by atoms with Crippen LogP contribution in [-0.2, 0) is 6.54 Å². The number of halogens is 2. The van der Waals surface area contributed by atoms with Gasteiger partial charge in [-0.1, -0.05) is 16.8 Å². The summed E-state index contributed by atoms with van der Waals surface area (Å²) in [4.78, 5) is 2.99. The molecule has 0 aliphatic heterocycles. The van der Waals surface area contributed by atoms with Crippen LogP contribution in [0.2, 0.25) is 5.02 Å². The summed E-state index contributed by atoms with van der Waals surface area (Å²) in [6, 6.07) is 4.69. The number of imidazole rings is 1. The van der Waals surface area contributed by atoms with Crippen LogP contribution in [0.4, 0.5) is 4.39 Å². The fraction of sp³-hybridized carbons (Fsp3) is 0.167. The quantitative estimate of drug-likeness (QED) is 0.731. The number of hydrogen-bond acceptors (Lipinski definition) is 3. The van der Waals surface area contributed by atoms with Crippen molar-refractivity contribution in [3.05, 3.63) is 45.3 Å². The van der Waals surface area contributed by atoms with Crippen molar-refractivity contribution in [2.24, 2.45) is 0 Å². The van der Waals surface area contributed by atoms with Gasteiger partial charge in [-0.05, 0) is 25.2 Å². The lowest BCUT2D eigenvalue weighted by Crippen LogP contribution is -2.00. The Balaban J connectivity index is 2.15. The molecule has 1 aromatic carbocycles. The monoisotopic (exact) mass is 297 g/mol. The summed E-state index contributed by atoms with van der Waals surface area (Å²) >= 11 is 11.0. The van der Waals surface area contributed by atoms with Crippen LogP contribution in [-0.4, -0.2) is 14.7 Å². The molecule has 0 unspecified atom stereocenters. The van der Waals surface area contributed by atoms with Crippen molar-refractivity contribution in [2.45, 2.75) is 13.5 Å². The lowest BCUT2D eigenvalue weighted by atomic mass is 10.3. The third-order valence-corrected chi connectivity index (χ3v) is 3.43. The fourth-order valence-electron chi connectivity index (χ4n) is 1.96. The second kappa shape index (κ2) is 4.47. The molecule has 3 aromatic rings.